The number of allylic oxidation sites excluding steroid dienone is 1. The largest absolute Gasteiger partial charge is 0.504 e. The van der Waals surface area contributed by atoms with Crippen molar-refractivity contribution in [3.63, 3.8) is 0 Å². The number of benzene rings is 3. The number of aromatic nitrogens is 1. The molecule has 0 unspecified atom stereocenters. The third-order valence-electron chi connectivity index (χ3n) is 6.90. The molecule has 3 heterocycles. The Labute approximate surface area is 212 Å². The van der Waals surface area contributed by atoms with E-state index in [0.29, 0.717) is 28.4 Å². The molecule has 1 aromatic heterocycles. The number of rotatable bonds is 4. The van der Waals surface area contributed by atoms with Crippen LogP contribution in [0.2, 0.25) is 0 Å². The molecule has 0 amide bonds. The lowest BCUT2D eigenvalue weighted by molar-refractivity contribution is -0.135. The van der Waals surface area contributed by atoms with Gasteiger partial charge in [0.1, 0.15) is 17.2 Å². The zero-order valence-corrected chi connectivity index (χ0v) is 20.4. The van der Waals surface area contributed by atoms with Gasteiger partial charge in [-0.05, 0) is 54.1 Å². The lowest BCUT2D eigenvalue weighted by Gasteiger charge is -2.26. The Balaban J connectivity index is 1.46. The van der Waals surface area contributed by atoms with Crippen LogP contribution in [0.1, 0.15) is 39.4 Å². The highest BCUT2D eigenvalue weighted by molar-refractivity contribution is 6.15. The van der Waals surface area contributed by atoms with Gasteiger partial charge < -0.3 is 28.6 Å². The number of aryl methyl sites for hydroxylation is 1. The van der Waals surface area contributed by atoms with E-state index in [1.54, 1.807) is 37.5 Å². The number of hydrogen-bond donors (Lipinski definition) is 1. The summed E-state index contributed by atoms with van der Waals surface area (Å²) < 4.78 is 24.3. The Hall–Kier alpha value is -4.72. The van der Waals surface area contributed by atoms with Crippen LogP contribution in [0.15, 0.2) is 60.5 Å². The highest BCUT2D eigenvalue weighted by Gasteiger charge is 2.38. The molecule has 0 radical (unpaired) electrons. The second kappa shape index (κ2) is 8.44. The topological polar surface area (TPSA) is 96.2 Å². The molecule has 6 rings (SSSR count). The first kappa shape index (κ1) is 22.7. The minimum atomic E-state index is -0.449. The molecule has 0 bridgehead atoms. The highest BCUT2D eigenvalue weighted by atomic mass is 16.5. The molecule has 8 heteroatoms. The number of carbonyl (C=O) groups is 2. The summed E-state index contributed by atoms with van der Waals surface area (Å²) in [6, 6.07) is 13.9. The first-order valence-electron chi connectivity index (χ1n) is 11.7. The van der Waals surface area contributed by atoms with Crippen molar-refractivity contribution in [3.05, 3.63) is 82.7 Å². The zero-order valence-electron chi connectivity index (χ0n) is 20.4. The quantitative estimate of drug-likeness (QED) is 0.242. The van der Waals surface area contributed by atoms with Crippen molar-refractivity contribution in [2.75, 3.05) is 14.2 Å². The van der Waals surface area contributed by atoms with Gasteiger partial charge in [0, 0.05) is 41.2 Å². The van der Waals surface area contributed by atoms with Gasteiger partial charge in [0.25, 0.3) is 0 Å². The Morgan fingerprint density at radius 3 is 2.65 bits per heavy atom. The molecule has 8 nitrogen and oxygen atoms in total. The fraction of sp³-hybridized carbons (Fsp3) is 0.172. The Morgan fingerprint density at radius 1 is 1.03 bits per heavy atom. The molecule has 0 saturated carbocycles. The summed E-state index contributed by atoms with van der Waals surface area (Å²) >= 11 is 0. The number of hydrogen-bond acceptors (Lipinski definition) is 7. The molecule has 0 spiro atoms. The number of phenols is 1. The van der Waals surface area contributed by atoms with Gasteiger partial charge in [0.15, 0.2) is 17.3 Å². The number of nitrogens with zero attached hydrogens (tertiary/aromatic N) is 1. The summed E-state index contributed by atoms with van der Waals surface area (Å²) in [5.74, 6) is 0.787. The van der Waals surface area contributed by atoms with Crippen LogP contribution in [0.3, 0.4) is 0 Å². The van der Waals surface area contributed by atoms with Crippen LogP contribution in [-0.2, 0) is 11.8 Å². The number of carbonyl (C=O) groups excluding carboxylic acids is 2. The van der Waals surface area contributed by atoms with Crippen molar-refractivity contribution in [2.24, 2.45) is 7.05 Å². The number of ether oxygens (including phenoxy) is 4. The number of methoxy groups -OCH3 is 2. The van der Waals surface area contributed by atoms with E-state index in [-0.39, 0.29) is 29.5 Å². The molecule has 4 aromatic rings. The van der Waals surface area contributed by atoms with Gasteiger partial charge in [-0.3, -0.25) is 9.59 Å². The number of ketones is 1. The van der Waals surface area contributed by atoms with Gasteiger partial charge in [0.05, 0.1) is 26.2 Å². The summed E-state index contributed by atoms with van der Waals surface area (Å²) in [6.45, 7) is 0. The summed E-state index contributed by atoms with van der Waals surface area (Å²) in [6.07, 6.45) is 3.71. The van der Waals surface area contributed by atoms with E-state index in [9.17, 15) is 14.7 Å². The number of aromatic hydroxyl groups is 1. The molecular formula is C29H23NO7. The lowest BCUT2D eigenvalue weighted by Crippen LogP contribution is -2.21. The average molecular weight is 498 g/mol. The standard InChI is InChI=1S/C29H23NO7/c1-30-14-16(19-12-17(34-2)5-7-21(19)30)11-25-28(33)18-6-9-23-27(29(18)37-25)20(13-26(32)36-23)15-4-8-22(31)24(10-15)35-3/h4-12,14,20,31H,13H2,1-3H3/b25-11-/t20-/m0/s1. The van der Waals surface area contributed by atoms with Crippen LogP contribution in [0.25, 0.3) is 17.0 Å². The molecule has 2 aliphatic rings. The van der Waals surface area contributed by atoms with Gasteiger partial charge in [0.2, 0.25) is 5.78 Å². The van der Waals surface area contributed by atoms with Gasteiger partial charge in [-0.15, -0.1) is 0 Å². The van der Waals surface area contributed by atoms with Gasteiger partial charge >= 0.3 is 5.97 Å². The first-order chi connectivity index (χ1) is 17.9. The first-order valence-corrected chi connectivity index (χ1v) is 11.7. The van der Waals surface area contributed by atoms with E-state index in [0.717, 1.165) is 22.0 Å². The molecule has 0 aliphatic carbocycles. The second-order valence-electron chi connectivity index (χ2n) is 9.03. The maximum atomic E-state index is 13.4. The van der Waals surface area contributed by atoms with E-state index < -0.39 is 11.9 Å². The maximum Gasteiger partial charge on any atom is 0.312 e. The van der Waals surface area contributed by atoms with Crippen LogP contribution >= 0.6 is 0 Å². The van der Waals surface area contributed by atoms with Crippen LogP contribution in [0.4, 0.5) is 0 Å². The van der Waals surface area contributed by atoms with E-state index >= 15 is 0 Å². The van der Waals surface area contributed by atoms with Crippen LogP contribution in [0, 0.1) is 0 Å². The zero-order chi connectivity index (χ0) is 25.8. The average Bonchev–Trinajstić information content (AvgIpc) is 3.39. The van der Waals surface area contributed by atoms with Gasteiger partial charge in [-0.2, -0.15) is 0 Å². The van der Waals surface area contributed by atoms with Crippen molar-refractivity contribution in [3.8, 4) is 28.7 Å². The Kier molecular flexibility index (Phi) is 5.19. The predicted octanol–water partition coefficient (Wildman–Crippen LogP) is 4.96. The molecule has 3 aromatic carbocycles. The number of esters is 1. The van der Waals surface area contributed by atoms with Gasteiger partial charge in [-0.25, -0.2) is 0 Å². The Bertz CT molecular complexity index is 1650. The molecular weight excluding hydrogens is 474 g/mol. The SMILES string of the molecule is COc1ccc2c(c1)c(/C=C1\Oc3c(ccc4c3[C@H](c3ccc(O)c(OC)c3)CC(=O)O4)C1=O)cn2C. The van der Waals surface area contributed by atoms with E-state index in [1.165, 1.54) is 13.2 Å². The fourth-order valence-electron chi connectivity index (χ4n) is 5.09. The third kappa shape index (κ3) is 3.60. The minimum Gasteiger partial charge on any atom is -0.504 e. The predicted molar refractivity (Wildman–Crippen MR) is 136 cm³/mol. The normalized spacial score (nSPS) is 17.4. The molecule has 0 fully saturated rings. The molecule has 37 heavy (non-hydrogen) atoms. The van der Waals surface area contributed by atoms with E-state index in [1.807, 2.05) is 36.0 Å². The molecule has 1 atom stereocenters. The number of phenolic OH excluding ortho intramolecular Hbond substituents is 1. The van der Waals surface area contributed by atoms with Crippen LogP contribution in [0.5, 0.6) is 28.7 Å². The van der Waals surface area contributed by atoms with Crippen molar-refractivity contribution in [1.29, 1.82) is 0 Å². The van der Waals surface area contributed by atoms with Crippen molar-refractivity contribution < 1.29 is 33.6 Å². The van der Waals surface area contributed by atoms with Crippen molar-refractivity contribution >= 4 is 28.7 Å². The Morgan fingerprint density at radius 2 is 1.86 bits per heavy atom. The summed E-state index contributed by atoms with van der Waals surface area (Å²) in [5, 5.41) is 11.0. The fourth-order valence-corrected chi connectivity index (χ4v) is 5.09. The van der Waals surface area contributed by atoms with E-state index in [4.69, 9.17) is 18.9 Å². The van der Waals surface area contributed by atoms with Crippen LogP contribution < -0.4 is 18.9 Å². The summed E-state index contributed by atoms with van der Waals surface area (Å²) in [7, 11) is 5.00. The van der Waals surface area contributed by atoms with Crippen molar-refractivity contribution in [1.82, 2.24) is 4.57 Å². The van der Waals surface area contributed by atoms with Crippen molar-refractivity contribution in [2.45, 2.75) is 12.3 Å². The maximum absolute atomic E-state index is 13.4. The minimum absolute atomic E-state index is 0.00786. The summed E-state index contributed by atoms with van der Waals surface area (Å²) in [5.41, 5.74) is 3.54. The number of fused-ring (bicyclic) bond motifs is 4. The third-order valence-corrected chi connectivity index (χ3v) is 6.90. The molecule has 186 valence electrons. The van der Waals surface area contributed by atoms with E-state index in [2.05, 4.69) is 0 Å². The lowest BCUT2D eigenvalue weighted by atomic mass is 9.84. The smallest absolute Gasteiger partial charge is 0.312 e. The molecule has 1 N–H and O–H groups in total. The van der Waals surface area contributed by atoms with Crippen LogP contribution in [-0.4, -0.2) is 35.6 Å². The van der Waals surface area contributed by atoms with Gasteiger partial charge in [-0.1, -0.05) is 6.07 Å². The number of Topliss-reactive ketones (excluding diaryl/α,β-unsaturated/α-hetero) is 1. The monoisotopic (exact) mass is 497 g/mol. The second-order valence-corrected chi connectivity index (χ2v) is 9.03. The molecule has 0 saturated heterocycles. The summed E-state index contributed by atoms with van der Waals surface area (Å²) in [4.78, 5) is 25.9. The molecule has 2 aliphatic heterocycles. The highest BCUT2D eigenvalue weighted by Crippen LogP contribution is 2.49.